The van der Waals surface area contributed by atoms with Crippen molar-refractivity contribution in [3.63, 3.8) is 0 Å². The van der Waals surface area contributed by atoms with Gasteiger partial charge in [0.15, 0.2) is 0 Å². The summed E-state index contributed by atoms with van der Waals surface area (Å²) in [5.74, 6) is -0.352. The summed E-state index contributed by atoms with van der Waals surface area (Å²) in [6.07, 6.45) is 5.78. The Morgan fingerprint density at radius 3 is 2.71 bits per heavy atom. The van der Waals surface area contributed by atoms with Gasteiger partial charge in [0, 0.05) is 43.3 Å². The molecule has 1 aliphatic heterocycles. The van der Waals surface area contributed by atoms with Crippen LogP contribution in [0, 0.1) is 5.82 Å². The SMILES string of the molecule is C[C@@H](NC(=O)Nc1cc(F)cc(N2CCCC2)c1)c1cnn(C)c1. The molecule has 1 atom stereocenters. The van der Waals surface area contributed by atoms with Crippen LogP contribution in [0.2, 0.25) is 0 Å². The molecule has 2 amide bonds. The number of aryl methyl sites for hydroxylation is 1. The average molecular weight is 331 g/mol. The molecule has 1 saturated heterocycles. The molecule has 1 aliphatic rings. The molecule has 1 aromatic carbocycles. The Balaban J connectivity index is 1.65. The number of benzene rings is 1. The normalized spacial score (nSPS) is 15.4. The number of aromatic nitrogens is 2. The third kappa shape index (κ3) is 3.84. The highest BCUT2D eigenvalue weighted by molar-refractivity contribution is 5.90. The number of anilines is 2. The smallest absolute Gasteiger partial charge is 0.319 e. The van der Waals surface area contributed by atoms with Gasteiger partial charge >= 0.3 is 6.03 Å². The lowest BCUT2D eigenvalue weighted by molar-refractivity contribution is 0.249. The van der Waals surface area contributed by atoms with Crippen LogP contribution in [-0.2, 0) is 7.05 Å². The average Bonchev–Trinajstić information content (AvgIpc) is 3.17. The Labute approximate surface area is 140 Å². The summed E-state index contributed by atoms with van der Waals surface area (Å²) in [5, 5.41) is 9.62. The number of nitrogens with zero attached hydrogens (tertiary/aromatic N) is 3. The van der Waals surface area contributed by atoms with Crippen LogP contribution in [0.15, 0.2) is 30.6 Å². The van der Waals surface area contributed by atoms with Crippen molar-refractivity contribution in [2.45, 2.75) is 25.8 Å². The molecule has 1 fully saturated rings. The molecular weight excluding hydrogens is 309 g/mol. The van der Waals surface area contributed by atoms with Gasteiger partial charge in [-0.25, -0.2) is 9.18 Å². The number of hydrogen-bond acceptors (Lipinski definition) is 3. The van der Waals surface area contributed by atoms with Gasteiger partial charge in [0.1, 0.15) is 5.82 Å². The topological polar surface area (TPSA) is 62.2 Å². The van der Waals surface area contributed by atoms with E-state index in [1.54, 1.807) is 10.9 Å². The molecule has 0 aliphatic carbocycles. The van der Waals surface area contributed by atoms with E-state index in [4.69, 9.17) is 0 Å². The van der Waals surface area contributed by atoms with E-state index in [9.17, 15) is 9.18 Å². The van der Waals surface area contributed by atoms with Crippen molar-refractivity contribution < 1.29 is 9.18 Å². The number of urea groups is 1. The molecule has 24 heavy (non-hydrogen) atoms. The van der Waals surface area contributed by atoms with Crippen LogP contribution in [0.3, 0.4) is 0 Å². The second kappa shape index (κ2) is 6.90. The molecule has 2 N–H and O–H groups in total. The maximum absolute atomic E-state index is 13.9. The van der Waals surface area contributed by atoms with Crippen molar-refractivity contribution in [3.8, 4) is 0 Å². The molecule has 0 radical (unpaired) electrons. The van der Waals surface area contributed by atoms with Gasteiger partial charge in [-0.05, 0) is 38.0 Å². The zero-order valence-corrected chi connectivity index (χ0v) is 13.9. The first-order valence-electron chi connectivity index (χ1n) is 8.13. The van der Waals surface area contributed by atoms with Gasteiger partial charge in [0.25, 0.3) is 0 Å². The van der Waals surface area contributed by atoms with Crippen LogP contribution in [0.4, 0.5) is 20.6 Å². The molecule has 2 aromatic rings. The Morgan fingerprint density at radius 1 is 1.29 bits per heavy atom. The van der Waals surface area contributed by atoms with E-state index in [0.717, 1.165) is 37.2 Å². The van der Waals surface area contributed by atoms with Crippen LogP contribution in [0.5, 0.6) is 0 Å². The standard InChI is InChI=1S/C17H22FN5O/c1-12(13-10-19-22(2)11-13)20-17(24)21-15-7-14(18)8-16(9-15)23-5-3-4-6-23/h7-12H,3-6H2,1-2H3,(H2,20,21,24)/t12-/m1/s1. The number of carbonyl (C=O) groups excluding carboxylic acids is 1. The predicted molar refractivity (Wildman–Crippen MR) is 91.6 cm³/mol. The van der Waals surface area contributed by atoms with Crippen molar-refractivity contribution in [1.29, 1.82) is 0 Å². The largest absolute Gasteiger partial charge is 0.371 e. The highest BCUT2D eigenvalue weighted by Crippen LogP contribution is 2.25. The van der Waals surface area contributed by atoms with Gasteiger partial charge in [-0.3, -0.25) is 4.68 Å². The Morgan fingerprint density at radius 2 is 2.04 bits per heavy atom. The summed E-state index contributed by atoms with van der Waals surface area (Å²) in [7, 11) is 1.82. The van der Waals surface area contributed by atoms with Crippen molar-refractivity contribution >= 4 is 17.4 Å². The van der Waals surface area contributed by atoms with Crippen molar-refractivity contribution in [2.24, 2.45) is 7.05 Å². The summed E-state index contributed by atoms with van der Waals surface area (Å²) in [6.45, 7) is 3.72. The first-order chi connectivity index (χ1) is 11.5. The number of nitrogens with one attached hydrogen (secondary N) is 2. The third-order valence-electron chi connectivity index (χ3n) is 4.18. The van der Waals surface area contributed by atoms with Crippen LogP contribution in [0.1, 0.15) is 31.4 Å². The Bertz CT molecular complexity index is 724. The third-order valence-corrected chi connectivity index (χ3v) is 4.18. The van der Waals surface area contributed by atoms with Crippen molar-refractivity contribution in [1.82, 2.24) is 15.1 Å². The van der Waals surface area contributed by atoms with Gasteiger partial charge in [-0.1, -0.05) is 0 Å². The number of amides is 2. The molecule has 7 heteroatoms. The molecule has 0 bridgehead atoms. The molecule has 128 valence electrons. The van der Waals surface area contributed by atoms with E-state index < -0.39 is 0 Å². The van der Waals surface area contributed by atoms with E-state index in [0.29, 0.717) is 5.69 Å². The molecule has 0 unspecified atom stereocenters. The van der Waals surface area contributed by atoms with Crippen molar-refractivity contribution in [2.75, 3.05) is 23.3 Å². The number of hydrogen-bond donors (Lipinski definition) is 2. The summed E-state index contributed by atoms with van der Waals surface area (Å²) in [5.41, 5.74) is 2.17. The minimum Gasteiger partial charge on any atom is -0.371 e. The maximum Gasteiger partial charge on any atom is 0.319 e. The van der Waals surface area contributed by atoms with Crippen LogP contribution < -0.4 is 15.5 Å². The highest BCUT2D eigenvalue weighted by atomic mass is 19.1. The Hall–Kier alpha value is -2.57. The molecule has 3 rings (SSSR count). The quantitative estimate of drug-likeness (QED) is 0.905. The van der Waals surface area contributed by atoms with Crippen LogP contribution in [0.25, 0.3) is 0 Å². The van der Waals surface area contributed by atoms with E-state index in [1.807, 2.05) is 26.2 Å². The first kappa shape index (κ1) is 16.3. The van der Waals surface area contributed by atoms with E-state index in [-0.39, 0.29) is 17.9 Å². The molecule has 1 aromatic heterocycles. The van der Waals surface area contributed by atoms with E-state index >= 15 is 0 Å². The van der Waals surface area contributed by atoms with Crippen LogP contribution >= 0.6 is 0 Å². The Kier molecular flexibility index (Phi) is 4.69. The lowest BCUT2D eigenvalue weighted by Gasteiger charge is -2.19. The first-order valence-corrected chi connectivity index (χ1v) is 8.13. The fourth-order valence-electron chi connectivity index (χ4n) is 2.92. The van der Waals surface area contributed by atoms with Crippen molar-refractivity contribution in [3.05, 3.63) is 42.0 Å². The minimum atomic E-state index is -0.371. The molecular formula is C17H22FN5O. The second-order valence-electron chi connectivity index (χ2n) is 6.16. The zero-order chi connectivity index (χ0) is 17.1. The maximum atomic E-state index is 13.9. The number of halogens is 1. The number of rotatable bonds is 4. The van der Waals surface area contributed by atoms with Gasteiger partial charge in [-0.15, -0.1) is 0 Å². The van der Waals surface area contributed by atoms with Gasteiger partial charge < -0.3 is 15.5 Å². The predicted octanol–water partition coefficient (Wildman–Crippen LogP) is 3.04. The minimum absolute atomic E-state index is 0.190. The van der Waals surface area contributed by atoms with Crippen LogP contribution in [-0.4, -0.2) is 28.9 Å². The van der Waals surface area contributed by atoms with Gasteiger partial charge in [0.2, 0.25) is 0 Å². The second-order valence-corrected chi connectivity index (χ2v) is 6.16. The summed E-state index contributed by atoms with van der Waals surface area (Å²) < 4.78 is 15.5. The van der Waals surface area contributed by atoms with E-state index in [1.165, 1.54) is 12.1 Å². The summed E-state index contributed by atoms with van der Waals surface area (Å²) >= 11 is 0. The van der Waals surface area contributed by atoms with Gasteiger partial charge in [0.05, 0.1) is 12.2 Å². The molecule has 0 spiro atoms. The summed E-state index contributed by atoms with van der Waals surface area (Å²) in [6, 6.07) is 4.08. The van der Waals surface area contributed by atoms with E-state index in [2.05, 4.69) is 20.6 Å². The monoisotopic (exact) mass is 331 g/mol. The zero-order valence-electron chi connectivity index (χ0n) is 13.9. The number of carbonyl (C=O) groups is 1. The lowest BCUT2D eigenvalue weighted by atomic mass is 10.2. The molecule has 6 nitrogen and oxygen atoms in total. The highest BCUT2D eigenvalue weighted by Gasteiger charge is 2.15. The lowest BCUT2D eigenvalue weighted by Crippen LogP contribution is -2.31. The van der Waals surface area contributed by atoms with Gasteiger partial charge in [-0.2, -0.15) is 5.10 Å². The molecule has 2 heterocycles. The summed E-state index contributed by atoms with van der Waals surface area (Å²) in [4.78, 5) is 14.3. The molecule has 0 saturated carbocycles. The fraction of sp³-hybridized carbons (Fsp3) is 0.412. The fourth-order valence-corrected chi connectivity index (χ4v) is 2.92.